The first-order chi connectivity index (χ1) is 11.6. The van der Waals surface area contributed by atoms with Crippen molar-refractivity contribution in [1.29, 1.82) is 0 Å². The van der Waals surface area contributed by atoms with Crippen molar-refractivity contribution in [3.8, 4) is 0 Å². The molecular weight excluding hydrogens is 302 g/mol. The van der Waals surface area contributed by atoms with Crippen LogP contribution in [0.3, 0.4) is 0 Å². The maximum Gasteiger partial charge on any atom is 0.323 e. The molecule has 0 saturated heterocycles. The van der Waals surface area contributed by atoms with E-state index in [0.29, 0.717) is 5.69 Å². The molecule has 24 heavy (non-hydrogen) atoms. The lowest BCUT2D eigenvalue weighted by Gasteiger charge is -2.11. The highest BCUT2D eigenvalue weighted by atomic mass is 16.2. The maximum absolute atomic E-state index is 12.1. The van der Waals surface area contributed by atoms with Crippen LogP contribution < -0.4 is 21.3 Å². The Morgan fingerprint density at radius 2 is 1.58 bits per heavy atom. The fraction of sp³-hybridized carbons (Fsp3) is 0.222. The first-order valence-corrected chi connectivity index (χ1v) is 7.68. The van der Waals surface area contributed by atoms with Gasteiger partial charge in [-0.25, -0.2) is 4.79 Å². The van der Waals surface area contributed by atoms with Crippen LogP contribution in [0.2, 0.25) is 0 Å². The summed E-state index contributed by atoms with van der Waals surface area (Å²) >= 11 is 0. The molecule has 6 nitrogen and oxygen atoms in total. The van der Waals surface area contributed by atoms with Crippen LogP contribution in [0.25, 0.3) is 0 Å². The topological polar surface area (TPSA) is 77.5 Å². The van der Waals surface area contributed by atoms with Gasteiger partial charge in [-0.15, -0.1) is 0 Å². The van der Waals surface area contributed by atoms with E-state index in [4.69, 9.17) is 0 Å². The Morgan fingerprint density at radius 1 is 0.958 bits per heavy atom. The highest BCUT2D eigenvalue weighted by Crippen LogP contribution is 2.20. The molecule has 0 heterocycles. The number of carbonyl (C=O) groups is 1. The Morgan fingerprint density at radius 3 is 2.17 bits per heavy atom. The lowest BCUT2D eigenvalue weighted by Crippen LogP contribution is -2.21. The van der Waals surface area contributed by atoms with Gasteiger partial charge in [0.05, 0.1) is 0 Å². The van der Waals surface area contributed by atoms with Gasteiger partial charge in [-0.05, 0) is 48.9 Å². The van der Waals surface area contributed by atoms with E-state index in [2.05, 4.69) is 26.3 Å². The van der Waals surface area contributed by atoms with Crippen molar-refractivity contribution in [3.05, 3.63) is 53.6 Å². The third-order valence-corrected chi connectivity index (χ3v) is 3.64. The molecule has 0 saturated carbocycles. The van der Waals surface area contributed by atoms with E-state index < -0.39 is 0 Å². The van der Waals surface area contributed by atoms with E-state index in [0.717, 1.165) is 28.3 Å². The molecule has 0 unspecified atom stereocenters. The van der Waals surface area contributed by atoms with Gasteiger partial charge in [0, 0.05) is 43.8 Å². The number of hydrogen-bond donors (Lipinski definition) is 4. The number of carbonyl (C=O) groups excluding carboxylic acids is 1. The van der Waals surface area contributed by atoms with Gasteiger partial charge in [-0.1, -0.05) is 6.07 Å². The molecule has 0 radical (unpaired) electrons. The number of anilines is 3. The molecule has 0 aliphatic rings. The Balaban J connectivity index is 2.02. The predicted molar refractivity (Wildman–Crippen MR) is 101 cm³/mol. The highest BCUT2D eigenvalue weighted by Gasteiger charge is 2.06. The van der Waals surface area contributed by atoms with Crippen LogP contribution in [0.4, 0.5) is 21.9 Å². The molecule has 126 valence electrons. The van der Waals surface area contributed by atoms with E-state index in [9.17, 15) is 4.79 Å². The van der Waals surface area contributed by atoms with Gasteiger partial charge in [-0.3, -0.25) is 4.99 Å². The van der Waals surface area contributed by atoms with Crippen LogP contribution in [0.5, 0.6) is 0 Å². The molecule has 2 rings (SSSR count). The van der Waals surface area contributed by atoms with Gasteiger partial charge in [-0.2, -0.15) is 0 Å². The number of urea groups is 1. The van der Waals surface area contributed by atoms with Gasteiger partial charge < -0.3 is 21.3 Å². The molecule has 0 aliphatic carbocycles. The minimum Gasteiger partial charge on any atom is -0.388 e. The molecule has 2 aromatic rings. The average Bonchev–Trinajstić information content (AvgIpc) is 2.59. The number of aliphatic imine (C=N–C) groups is 1. The van der Waals surface area contributed by atoms with Crippen LogP contribution in [0.1, 0.15) is 11.1 Å². The summed E-state index contributed by atoms with van der Waals surface area (Å²) in [5, 5.41) is 11.8. The van der Waals surface area contributed by atoms with Crippen molar-refractivity contribution in [1.82, 2.24) is 5.32 Å². The smallest absolute Gasteiger partial charge is 0.323 e. The third-order valence-electron chi connectivity index (χ3n) is 3.64. The van der Waals surface area contributed by atoms with Crippen molar-refractivity contribution < 1.29 is 4.79 Å². The molecule has 4 N–H and O–H groups in total. The van der Waals surface area contributed by atoms with Crippen LogP contribution >= 0.6 is 0 Å². The van der Waals surface area contributed by atoms with Gasteiger partial charge in [0.2, 0.25) is 0 Å². The summed E-state index contributed by atoms with van der Waals surface area (Å²) in [6, 6.07) is 12.9. The summed E-state index contributed by atoms with van der Waals surface area (Å²) in [5.74, 6) is 0.797. The summed E-state index contributed by atoms with van der Waals surface area (Å²) in [7, 11) is 5.40. The molecule has 0 fully saturated rings. The molecule has 0 atom stereocenters. The maximum atomic E-state index is 12.1. The second-order valence-electron chi connectivity index (χ2n) is 5.26. The second kappa shape index (κ2) is 8.01. The molecule has 2 aromatic carbocycles. The van der Waals surface area contributed by atoms with E-state index in [1.807, 2.05) is 63.5 Å². The number of nitrogens with one attached hydrogen (secondary N) is 4. The summed E-state index contributed by atoms with van der Waals surface area (Å²) in [5.41, 5.74) is 4.51. The lowest BCUT2D eigenvalue weighted by molar-refractivity contribution is 0.262. The van der Waals surface area contributed by atoms with Crippen molar-refractivity contribution >= 4 is 28.9 Å². The second-order valence-corrected chi connectivity index (χ2v) is 5.26. The molecule has 0 bridgehead atoms. The molecule has 6 heteroatoms. The SMILES string of the molecule is CN=C(NC)c1ccc(NC(=O)Nc2ccc(C)c(NC)c2)cc1. The van der Waals surface area contributed by atoms with E-state index >= 15 is 0 Å². The minimum atomic E-state index is -0.286. The monoisotopic (exact) mass is 325 g/mol. The van der Waals surface area contributed by atoms with Gasteiger partial charge in [0.25, 0.3) is 0 Å². The fourth-order valence-corrected chi connectivity index (χ4v) is 2.36. The number of amides is 2. The summed E-state index contributed by atoms with van der Waals surface area (Å²) in [4.78, 5) is 16.3. The predicted octanol–water partition coefficient (Wildman–Crippen LogP) is 3.28. The molecule has 0 spiro atoms. The quantitative estimate of drug-likeness (QED) is 0.515. The number of amidine groups is 1. The Labute approximate surface area is 142 Å². The van der Waals surface area contributed by atoms with Crippen LogP contribution in [-0.2, 0) is 0 Å². The zero-order valence-corrected chi connectivity index (χ0v) is 14.4. The lowest BCUT2D eigenvalue weighted by atomic mass is 10.2. The largest absolute Gasteiger partial charge is 0.388 e. The van der Waals surface area contributed by atoms with Crippen molar-refractivity contribution in [3.63, 3.8) is 0 Å². The van der Waals surface area contributed by atoms with Gasteiger partial charge in [0.1, 0.15) is 5.84 Å². The summed E-state index contributed by atoms with van der Waals surface area (Å²) in [6.45, 7) is 2.01. The zero-order valence-electron chi connectivity index (χ0n) is 14.4. The molecule has 2 amide bonds. The number of nitrogens with zero attached hydrogens (tertiary/aromatic N) is 1. The number of aryl methyl sites for hydroxylation is 1. The van der Waals surface area contributed by atoms with E-state index in [1.165, 1.54) is 0 Å². The minimum absolute atomic E-state index is 0.286. The van der Waals surface area contributed by atoms with E-state index in [1.54, 1.807) is 7.05 Å². The molecule has 0 aromatic heterocycles. The third kappa shape index (κ3) is 4.25. The highest BCUT2D eigenvalue weighted by molar-refractivity contribution is 6.01. The zero-order chi connectivity index (χ0) is 17.5. The first-order valence-electron chi connectivity index (χ1n) is 7.68. The van der Waals surface area contributed by atoms with Crippen molar-refractivity contribution in [2.45, 2.75) is 6.92 Å². The standard InChI is InChI=1S/C18H23N5O/c1-12-5-8-15(11-16(12)19-2)23-18(24)22-14-9-6-13(7-10-14)17(20-3)21-4/h5-11,19H,1-4H3,(H,20,21)(H2,22,23,24). The van der Waals surface area contributed by atoms with Crippen molar-refractivity contribution in [2.24, 2.45) is 4.99 Å². The van der Waals surface area contributed by atoms with Gasteiger partial charge >= 0.3 is 6.03 Å². The number of hydrogen-bond acceptors (Lipinski definition) is 3. The first kappa shape index (κ1) is 17.3. The van der Waals surface area contributed by atoms with Crippen LogP contribution in [0, 0.1) is 6.92 Å². The molecule has 0 aliphatic heterocycles. The average molecular weight is 325 g/mol. The van der Waals surface area contributed by atoms with E-state index in [-0.39, 0.29) is 6.03 Å². The van der Waals surface area contributed by atoms with Crippen LogP contribution in [-0.4, -0.2) is 33.0 Å². The number of rotatable bonds is 4. The van der Waals surface area contributed by atoms with Crippen molar-refractivity contribution in [2.75, 3.05) is 37.1 Å². The Kier molecular flexibility index (Phi) is 5.78. The fourth-order valence-electron chi connectivity index (χ4n) is 2.36. The van der Waals surface area contributed by atoms with Gasteiger partial charge in [0.15, 0.2) is 0 Å². The summed E-state index contributed by atoms with van der Waals surface area (Å²) in [6.07, 6.45) is 0. The van der Waals surface area contributed by atoms with Crippen LogP contribution in [0.15, 0.2) is 47.5 Å². The summed E-state index contributed by atoms with van der Waals surface area (Å²) < 4.78 is 0. The molecular formula is C18H23N5O. The normalized spacial score (nSPS) is 10.9. The Bertz CT molecular complexity index is 738. The number of benzene rings is 2. The Hall–Kier alpha value is -3.02.